The average molecular weight is 552 g/mol. The van der Waals surface area contributed by atoms with Crippen molar-refractivity contribution in [3.63, 3.8) is 0 Å². The zero-order valence-corrected chi connectivity index (χ0v) is 23.2. The van der Waals surface area contributed by atoms with Crippen LogP contribution in [0.25, 0.3) is 21.8 Å². The second kappa shape index (κ2) is 9.87. The maximum Gasteiger partial charge on any atom is 0.328 e. The number of aliphatic imine (C=N–C) groups is 1. The molecule has 1 fully saturated rings. The van der Waals surface area contributed by atoms with E-state index in [4.69, 9.17) is 21.2 Å². The molecule has 5 N–H and O–H groups in total. The van der Waals surface area contributed by atoms with Crippen molar-refractivity contribution in [1.29, 1.82) is 0 Å². The predicted molar refractivity (Wildman–Crippen MR) is 156 cm³/mol. The molecule has 2 aliphatic rings. The normalized spacial score (nSPS) is 22.7. The topological polar surface area (TPSA) is 162 Å². The number of morpholine rings is 1. The maximum atomic E-state index is 13.9. The summed E-state index contributed by atoms with van der Waals surface area (Å²) < 4.78 is 7.56. The summed E-state index contributed by atoms with van der Waals surface area (Å²) in [5, 5.41) is 16.4. The molecule has 2 unspecified atom stereocenters. The number of nitrogens with two attached hydrogens (primary N) is 2. The number of carbonyl (C=O) groups is 1. The van der Waals surface area contributed by atoms with Gasteiger partial charge in [-0.3, -0.25) is 14.9 Å². The van der Waals surface area contributed by atoms with Gasteiger partial charge in [0, 0.05) is 23.9 Å². The van der Waals surface area contributed by atoms with Crippen molar-refractivity contribution >= 4 is 49.2 Å². The number of amides is 1. The van der Waals surface area contributed by atoms with Crippen LogP contribution in [0.2, 0.25) is 0 Å². The highest BCUT2D eigenvalue weighted by Gasteiger charge is 2.53. The molecule has 39 heavy (non-hydrogen) atoms. The largest absolute Gasteiger partial charge is 0.398 e. The van der Waals surface area contributed by atoms with Gasteiger partial charge in [-0.1, -0.05) is 30.3 Å². The number of fused-ring (bicyclic) bond motifs is 2. The Hall–Kier alpha value is -3.58. The van der Waals surface area contributed by atoms with Crippen LogP contribution in [0.5, 0.6) is 0 Å². The van der Waals surface area contributed by atoms with Gasteiger partial charge in [0.25, 0.3) is 5.91 Å². The Morgan fingerprint density at radius 3 is 2.46 bits per heavy atom. The van der Waals surface area contributed by atoms with Crippen LogP contribution in [-0.4, -0.2) is 62.9 Å². The molecule has 0 radical (unpaired) electrons. The van der Waals surface area contributed by atoms with Crippen molar-refractivity contribution in [2.45, 2.75) is 38.6 Å². The summed E-state index contributed by atoms with van der Waals surface area (Å²) in [4.78, 5) is 35.4. The summed E-state index contributed by atoms with van der Waals surface area (Å²) in [5.74, 6) is -0.398. The van der Waals surface area contributed by atoms with Gasteiger partial charge in [0.2, 0.25) is 0 Å². The quantitative estimate of drug-likeness (QED) is 0.238. The number of nitrogens with one attached hydrogen (secondary N) is 1. The van der Waals surface area contributed by atoms with E-state index in [9.17, 15) is 14.9 Å². The summed E-state index contributed by atoms with van der Waals surface area (Å²) in [6.45, 7) is 8.91. The molecule has 1 saturated heterocycles. The smallest absolute Gasteiger partial charge is 0.328 e. The minimum absolute atomic E-state index is 0.0494. The van der Waals surface area contributed by atoms with Crippen molar-refractivity contribution in [3.8, 4) is 0 Å². The Balaban J connectivity index is 1.61. The number of nitrogens with zero attached hydrogens (tertiary/aromatic N) is 4. The highest BCUT2D eigenvalue weighted by molar-refractivity contribution is 8.45. The number of benzene rings is 2. The minimum atomic E-state index is -2.53. The number of nitro groups is 1. The number of aromatic nitrogens is 1. The fourth-order valence-electron chi connectivity index (χ4n) is 5.26. The number of aryl methyl sites for hydroxylation is 1. The lowest BCUT2D eigenvalue weighted by Gasteiger charge is -2.47. The van der Waals surface area contributed by atoms with E-state index in [2.05, 4.69) is 10.3 Å². The second-order valence-corrected chi connectivity index (χ2v) is 13.6. The van der Waals surface area contributed by atoms with Crippen LogP contribution in [0.1, 0.15) is 36.7 Å². The molecule has 2 aliphatic heterocycles. The van der Waals surface area contributed by atoms with E-state index in [1.54, 1.807) is 38.5 Å². The number of ether oxygens (including phenoxy) is 1. The zero-order valence-electron chi connectivity index (χ0n) is 22.4. The van der Waals surface area contributed by atoms with Crippen molar-refractivity contribution in [2.24, 2.45) is 10.7 Å². The fraction of sp³-hybridized carbons (Fsp3) is 0.370. The van der Waals surface area contributed by atoms with E-state index >= 15 is 0 Å². The Morgan fingerprint density at radius 2 is 1.82 bits per heavy atom. The summed E-state index contributed by atoms with van der Waals surface area (Å²) in [6.07, 6.45) is 0. The molecule has 0 bridgehead atoms. The van der Waals surface area contributed by atoms with Crippen LogP contribution in [-0.2, 0) is 4.74 Å². The number of hydrogen-bond donors (Lipinski definition) is 3. The highest BCUT2D eigenvalue weighted by Crippen LogP contribution is 2.64. The number of hydrogen-bond acceptors (Lipinski definition) is 9. The van der Waals surface area contributed by atoms with E-state index in [0.717, 1.165) is 16.5 Å². The van der Waals surface area contributed by atoms with E-state index in [1.165, 1.54) is 0 Å². The molecule has 206 valence electrons. The Kier molecular flexibility index (Phi) is 6.83. The molecular formula is C27H33N7O4S. The highest BCUT2D eigenvalue weighted by atomic mass is 32.3. The Morgan fingerprint density at radius 1 is 1.18 bits per heavy atom. The predicted octanol–water partition coefficient (Wildman–Crippen LogP) is 3.63. The van der Waals surface area contributed by atoms with E-state index < -0.39 is 27.0 Å². The summed E-state index contributed by atoms with van der Waals surface area (Å²) >= 11 is 0. The van der Waals surface area contributed by atoms with Gasteiger partial charge < -0.3 is 21.5 Å². The first-order valence-corrected chi connectivity index (χ1v) is 14.4. The molecule has 3 heterocycles. The van der Waals surface area contributed by atoms with Gasteiger partial charge in [0.15, 0.2) is 0 Å². The van der Waals surface area contributed by atoms with Crippen LogP contribution >= 0.6 is 10.2 Å². The zero-order chi connectivity index (χ0) is 28.1. The van der Waals surface area contributed by atoms with Crippen molar-refractivity contribution in [1.82, 2.24) is 14.6 Å². The van der Waals surface area contributed by atoms with Gasteiger partial charge in [-0.15, -0.1) is 0 Å². The van der Waals surface area contributed by atoms with Crippen molar-refractivity contribution in [2.75, 3.05) is 32.0 Å². The van der Waals surface area contributed by atoms with Gasteiger partial charge in [0.1, 0.15) is 5.70 Å². The van der Waals surface area contributed by atoms with Gasteiger partial charge in [-0.05, 0) is 49.5 Å². The number of anilines is 1. The molecule has 1 amide bonds. The first-order chi connectivity index (χ1) is 18.5. The third kappa shape index (κ3) is 4.42. The van der Waals surface area contributed by atoms with E-state index in [0.29, 0.717) is 48.5 Å². The summed E-state index contributed by atoms with van der Waals surface area (Å²) in [5.41, 5.74) is 16.7. The molecule has 2 aromatic carbocycles. The molecular weight excluding hydrogens is 518 g/mol. The number of rotatable bonds is 6. The monoisotopic (exact) mass is 551 g/mol. The van der Waals surface area contributed by atoms with Crippen LogP contribution in [0.15, 0.2) is 52.1 Å². The molecule has 5 rings (SSSR count). The van der Waals surface area contributed by atoms with Crippen molar-refractivity contribution in [3.05, 3.63) is 68.4 Å². The van der Waals surface area contributed by atoms with Crippen LogP contribution in [0.3, 0.4) is 0 Å². The third-order valence-electron chi connectivity index (χ3n) is 7.22. The first-order valence-electron chi connectivity index (χ1n) is 12.7. The SMILES string of the molecule is Cc1cccc2c(N)c3cccc(C(=O)NC(C)S4(N5CCOCC5)C=NC(C(C)(C)N)=C4[N+](=O)[O-])c3nc12. The Bertz CT molecular complexity index is 1560. The van der Waals surface area contributed by atoms with Gasteiger partial charge >= 0.3 is 5.03 Å². The first kappa shape index (κ1) is 27.0. The molecule has 1 aromatic heterocycles. The van der Waals surface area contributed by atoms with E-state index in [-0.39, 0.29) is 15.6 Å². The van der Waals surface area contributed by atoms with Crippen LogP contribution in [0.4, 0.5) is 5.69 Å². The van der Waals surface area contributed by atoms with Crippen LogP contribution < -0.4 is 16.8 Å². The number of carbonyl (C=O) groups excluding carboxylic acids is 1. The summed E-state index contributed by atoms with van der Waals surface area (Å²) in [6, 6.07) is 11.1. The van der Waals surface area contributed by atoms with E-state index in [1.807, 2.05) is 35.5 Å². The van der Waals surface area contributed by atoms with Gasteiger partial charge in [0.05, 0.1) is 56.9 Å². The van der Waals surface area contributed by atoms with Gasteiger partial charge in [-0.25, -0.2) is 14.3 Å². The minimum Gasteiger partial charge on any atom is -0.398 e. The number of nitrogen functional groups attached to an aromatic ring is 1. The second-order valence-electron chi connectivity index (χ2n) is 10.4. The molecule has 2 atom stereocenters. The molecule has 12 heteroatoms. The average Bonchev–Trinajstić information content (AvgIpc) is 3.33. The summed E-state index contributed by atoms with van der Waals surface area (Å²) in [7, 11) is -2.53. The molecule has 0 spiro atoms. The fourth-order valence-corrected chi connectivity index (χ4v) is 8.87. The number of pyridine rings is 1. The molecule has 11 nitrogen and oxygen atoms in total. The standard InChI is InChI=1S/C27H33N7O4S/c1-16-7-5-8-18-21(28)19-9-6-10-20(23(19)32-22(16)18)25(35)31-17(2)39(33-11-13-38-14-12-33)15-30-24(27(3,4)29)26(39)34(36)37/h5-10,15,17H,11-14,29H2,1-4H3,(H2,28,32)(H,31,35). The van der Waals surface area contributed by atoms with Crippen molar-refractivity contribution < 1.29 is 14.5 Å². The lowest BCUT2D eigenvalue weighted by Crippen LogP contribution is -2.49. The Labute approximate surface area is 227 Å². The van der Waals surface area contributed by atoms with Gasteiger partial charge in [-0.2, -0.15) is 0 Å². The molecule has 0 saturated carbocycles. The van der Waals surface area contributed by atoms with Crippen LogP contribution in [0, 0.1) is 17.0 Å². The third-order valence-corrected chi connectivity index (χ3v) is 11.0. The molecule has 0 aliphatic carbocycles. The molecule has 3 aromatic rings. The lowest BCUT2D eigenvalue weighted by atomic mass is 10.0. The number of para-hydroxylation sites is 2. The lowest BCUT2D eigenvalue weighted by molar-refractivity contribution is -0.412. The maximum absolute atomic E-state index is 13.9.